The van der Waals surface area contributed by atoms with Crippen molar-refractivity contribution in [2.75, 3.05) is 32.7 Å². The third-order valence-electron chi connectivity index (χ3n) is 3.61. The highest BCUT2D eigenvalue weighted by molar-refractivity contribution is 7.89. The highest BCUT2D eigenvalue weighted by Crippen LogP contribution is 2.18. The number of hydrogen-bond donors (Lipinski definition) is 1. The first-order valence-electron chi connectivity index (χ1n) is 7.39. The number of nitrogens with zero attached hydrogens (tertiary/aromatic N) is 2. The molecule has 0 amide bonds. The van der Waals surface area contributed by atoms with Gasteiger partial charge in [0.2, 0.25) is 10.0 Å². The average molecular weight is 330 g/mol. The van der Waals surface area contributed by atoms with E-state index in [0.717, 1.165) is 18.7 Å². The molecule has 0 atom stereocenters. The van der Waals surface area contributed by atoms with Crippen molar-refractivity contribution in [1.29, 1.82) is 0 Å². The third kappa shape index (κ3) is 4.49. The Morgan fingerprint density at radius 3 is 2.36 bits per heavy atom. The summed E-state index contributed by atoms with van der Waals surface area (Å²) in [6.45, 7) is 6.12. The molecule has 124 valence electrons. The van der Waals surface area contributed by atoms with Gasteiger partial charge in [-0.1, -0.05) is 0 Å². The summed E-state index contributed by atoms with van der Waals surface area (Å²) in [4.78, 5) is 2.19. The maximum absolute atomic E-state index is 13.0. The summed E-state index contributed by atoms with van der Waals surface area (Å²) >= 11 is 0. The second kappa shape index (κ2) is 6.62. The van der Waals surface area contributed by atoms with Crippen LogP contribution in [0.3, 0.4) is 0 Å². The first-order valence-corrected chi connectivity index (χ1v) is 8.83. The fourth-order valence-electron chi connectivity index (χ4n) is 2.65. The molecule has 1 aromatic carbocycles. The smallest absolute Gasteiger partial charge is 0.243 e. The highest BCUT2D eigenvalue weighted by atomic mass is 32.2. The van der Waals surface area contributed by atoms with Gasteiger partial charge in [-0.2, -0.15) is 4.31 Å². The minimum atomic E-state index is -3.59. The lowest BCUT2D eigenvalue weighted by Crippen LogP contribution is -2.41. The minimum absolute atomic E-state index is 0.116. The number of hydrogen-bond acceptors (Lipinski definition) is 4. The Hall–Kier alpha value is -1.02. The van der Waals surface area contributed by atoms with Gasteiger partial charge in [-0.15, -0.1) is 0 Å². The Kier molecular flexibility index (Phi) is 5.21. The van der Waals surface area contributed by atoms with Gasteiger partial charge in [0.25, 0.3) is 0 Å². The zero-order valence-electron chi connectivity index (χ0n) is 13.0. The summed E-state index contributed by atoms with van der Waals surface area (Å²) in [7, 11) is -3.59. The first kappa shape index (κ1) is 17.3. The number of sulfonamides is 1. The van der Waals surface area contributed by atoms with E-state index in [-0.39, 0.29) is 4.90 Å². The number of benzene rings is 1. The summed E-state index contributed by atoms with van der Waals surface area (Å²) in [5.41, 5.74) is -0.801. The quantitative estimate of drug-likeness (QED) is 0.904. The van der Waals surface area contributed by atoms with Crippen molar-refractivity contribution in [1.82, 2.24) is 9.21 Å². The fourth-order valence-corrected chi connectivity index (χ4v) is 4.12. The van der Waals surface area contributed by atoms with Gasteiger partial charge in [-0.3, -0.25) is 4.90 Å². The van der Waals surface area contributed by atoms with E-state index < -0.39 is 21.4 Å². The Morgan fingerprint density at radius 1 is 1.14 bits per heavy atom. The molecule has 1 saturated heterocycles. The molecular weight excluding hydrogens is 307 g/mol. The summed E-state index contributed by atoms with van der Waals surface area (Å²) in [5.74, 6) is -0.453. The third-order valence-corrected chi connectivity index (χ3v) is 5.52. The molecule has 1 N–H and O–H groups in total. The Morgan fingerprint density at radius 2 is 1.77 bits per heavy atom. The van der Waals surface area contributed by atoms with Crippen LogP contribution in [0.25, 0.3) is 0 Å². The van der Waals surface area contributed by atoms with Crippen molar-refractivity contribution in [3.05, 3.63) is 30.1 Å². The van der Waals surface area contributed by atoms with Gasteiger partial charge in [0.05, 0.1) is 10.5 Å². The Labute approximate surface area is 131 Å². The summed E-state index contributed by atoms with van der Waals surface area (Å²) in [6.07, 6.45) is 0.705. The van der Waals surface area contributed by atoms with Gasteiger partial charge in [-0.05, 0) is 51.1 Å². The summed E-state index contributed by atoms with van der Waals surface area (Å²) in [6, 6.07) is 4.91. The van der Waals surface area contributed by atoms with Crippen LogP contribution in [0.2, 0.25) is 0 Å². The van der Waals surface area contributed by atoms with Crippen LogP contribution < -0.4 is 0 Å². The van der Waals surface area contributed by atoms with Crippen molar-refractivity contribution in [3.63, 3.8) is 0 Å². The lowest BCUT2D eigenvalue weighted by molar-refractivity contribution is 0.0380. The second-order valence-corrected chi connectivity index (χ2v) is 8.24. The summed E-state index contributed by atoms with van der Waals surface area (Å²) < 4.78 is 39.5. The zero-order chi connectivity index (χ0) is 16.4. The van der Waals surface area contributed by atoms with Gasteiger partial charge in [0, 0.05) is 26.2 Å². The molecule has 1 heterocycles. The number of halogens is 1. The van der Waals surface area contributed by atoms with E-state index >= 15 is 0 Å². The molecule has 0 spiro atoms. The Bertz CT molecular complexity index is 596. The van der Waals surface area contributed by atoms with E-state index in [1.807, 2.05) is 0 Å². The molecule has 0 saturated carbocycles. The molecule has 1 aliphatic heterocycles. The average Bonchev–Trinajstić information content (AvgIpc) is 2.63. The molecule has 2 rings (SSSR count). The van der Waals surface area contributed by atoms with Crippen molar-refractivity contribution < 1.29 is 17.9 Å². The zero-order valence-corrected chi connectivity index (χ0v) is 13.8. The van der Waals surface area contributed by atoms with Gasteiger partial charge in [0.1, 0.15) is 5.82 Å². The van der Waals surface area contributed by atoms with Crippen LogP contribution in [0.1, 0.15) is 20.3 Å². The lowest BCUT2D eigenvalue weighted by atomic mass is 10.1. The lowest BCUT2D eigenvalue weighted by Gasteiger charge is -2.27. The molecule has 0 bridgehead atoms. The standard InChI is InChI=1S/C15H23FN2O3S/c1-15(2,19)12-17-8-3-9-18(11-10-17)22(20,21)14-6-4-13(16)5-7-14/h4-7,19H,3,8-12H2,1-2H3. The van der Waals surface area contributed by atoms with E-state index in [4.69, 9.17) is 0 Å². The topological polar surface area (TPSA) is 60.9 Å². The molecule has 1 fully saturated rings. The van der Waals surface area contributed by atoms with E-state index in [1.54, 1.807) is 13.8 Å². The molecule has 1 aromatic rings. The molecule has 0 aliphatic carbocycles. The molecule has 1 aliphatic rings. The van der Waals surface area contributed by atoms with Crippen LogP contribution in [-0.2, 0) is 10.0 Å². The van der Waals surface area contributed by atoms with Gasteiger partial charge >= 0.3 is 0 Å². The molecule has 0 unspecified atom stereocenters. The van der Waals surface area contributed by atoms with Crippen LogP contribution in [0.15, 0.2) is 29.2 Å². The normalized spacial score (nSPS) is 19.1. The second-order valence-electron chi connectivity index (χ2n) is 6.30. The van der Waals surface area contributed by atoms with Crippen molar-refractivity contribution >= 4 is 10.0 Å². The van der Waals surface area contributed by atoms with Crippen LogP contribution in [0.4, 0.5) is 4.39 Å². The van der Waals surface area contributed by atoms with Gasteiger partial charge < -0.3 is 5.11 Å². The van der Waals surface area contributed by atoms with Crippen LogP contribution in [0.5, 0.6) is 0 Å². The SMILES string of the molecule is CC(C)(O)CN1CCCN(S(=O)(=O)c2ccc(F)cc2)CC1. The molecular formula is C15H23FN2O3S. The first-order chi connectivity index (χ1) is 10.2. The van der Waals surface area contributed by atoms with Crippen molar-refractivity contribution in [2.24, 2.45) is 0 Å². The summed E-state index contributed by atoms with van der Waals surface area (Å²) in [5, 5.41) is 9.88. The van der Waals surface area contributed by atoms with Crippen LogP contribution in [-0.4, -0.2) is 61.1 Å². The molecule has 5 nitrogen and oxygen atoms in total. The highest BCUT2D eigenvalue weighted by Gasteiger charge is 2.28. The molecule has 0 aromatic heterocycles. The van der Waals surface area contributed by atoms with Crippen molar-refractivity contribution in [2.45, 2.75) is 30.8 Å². The Balaban J connectivity index is 2.08. The van der Waals surface area contributed by atoms with Crippen LogP contribution >= 0.6 is 0 Å². The maximum Gasteiger partial charge on any atom is 0.243 e. The monoisotopic (exact) mass is 330 g/mol. The number of aliphatic hydroxyl groups is 1. The van der Waals surface area contributed by atoms with E-state index in [0.29, 0.717) is 32.6 Å². The largest absolute Gasteiger partial charge is 0.389 e. The van der Waals surface area contributed by atoms with Gasteiger partial charge in [-0.25, -0.2) is 12.8 Å². The predicted octanol–water partition coefficient (Wildman–Crippen LogP) is 1.29. The fraction of sp³-hybridized carbons (Fsp3) is 0.600. The molecule has 7 heteroatoms. The molecule has 22 heavy (non-hydrogen) atoms. The minimum Gasteiger partial charge on any atom is -0.389 e. The number of β-amino-alcohol motifs (C(OH)–C–C–N with tert-alkyl or cyclic N) is 1. The van der Waals surface area contributed by atoms with E-state index in [9.17, 15) is 17.9 Å². The van der Waals surface area contributed by atoms with E-state index in [1.165, 1.54) is 16.4 Å². The van der Waals surface area contributed by atoms with Crippen LogP contribution in [0, 0.1) is 5.82 Å². The molecule has 0 radical (unpaired) electrons. The van der Waals surface area contributed by atoms with E-state index in [2.05, 4.69) is 4.90 Å². The van der Waals surface area contributed by atoms with Gasteiger partial charge in [0.15, 0.2) is 0 Å². The predicted molar refractivity (Wildman–Crippen MR) is 82.5 cm³/mol. The number of rotatable bonds is 4. The van der Waals surface area contributed by atoms with Crippen molar-refractivity contribution in [3.8, 4) is 0 Å². The maximum atomic E-state index is 13.0.